The molecule has 3 nitrogen and oxygen atoms in total. The van der Waals surface area contributed by atoms with Gasteiger partial charge in [0.25, 0.3) is 0 Å². The molecule has 0 radical (unpaired) electrons. The smallest absolute Gasteiger partial charge is 0.346 e. The molecule has 4 rings (SSSR count). The van der Waals surface area contributed by atoms with Crippen molar-refractivity contribution in [2.75, 3.05) is 6.61 Å². The van der Waals surface area contributed by atoms with Crippen LogP contribution < -0.4 is 9.47 Å². The molecule has 0 unspecified atom stereocenters. The maximum absolute atomic E-state index is 15.0. The summed E-state index contributed by atoms with van der Waals surface area (Å²) in [7, 11) is 0. The van der Waals surface area contributed by atoms with Crippen LogP contribution >= 0.6 is 0 Å². The highest BCUT2D eigenvalue weighted by molar-refractivity contribution is 5.91. The van der Waals surface area contributed by atoms with Gasteiger partial charge >= 0.3 is 5.97 Å². The molecule has 4 aromatic carbocycles. The zero-order valence-corrected chi connectivity index (χ0v) is 20.0. The van der Waals surface area contributed by atoms with Crippen LogP contribution in [-0.2, 0) is 0 Å². The van der Waals surface area contributed by atoms with E-state index < -0.39 is 34.8 Å². The zero-order valence-electron chi connectivity index (χ0n) is 20.0. The van der Waals surface area contributed by atoms with Crippen molar-refractivity contribution in [2.45, 2.75) is 13.8 Å². The lowest BCUT2D eigenvalue weighted by Gasteiger charge is -2.11. The van der Waals surface area contributed by atoms with E-state index in [4.69, 9.17) is 9.47 Å². The third kappa shape index (κ3) is 5.40. The molecular weight excluding hydrogens is 484 g/mol. The predicted molar refractivity (Wildman–Crippen MR) is 134 cm³/mol. The zero-order chi connectivity index (χ0) is 26.5. The van der Waals surface area contributed by atoms with Crippen molar-refractivity contribution in [2.24, 2.45) is 0 Å². The van der Waals surface area contributed by atoms with E-state index in [1.807, 2.05) is 31.2 Å². The standard InChI is InChI=1S/C30H22F4O3/c1-3-5-18-6-8-19(9-7-18)22-14-15-23(27(32)26(22)31)20-10-12-21(13-11-20)37-30(35)24-16-17-25(36-4-2)29(34)28(24)33/h3,5-17H,4H2,1-2H3. The lowest BCUT2D eigenvalue weighted by Crippen LogP contribution is -2.12. The van der Waals surface area contributed by atoms with E-state index in [0.717, 1.165) is 17.7 Å². The number of halogens is 4. The van der Waals surface area contributed by atoms with Gasteiger partial charge < -0.3 is 9.47 Å². The average Bonchev–Trinajstić information content (AvgIpc) is 2.90. The summed E-state index contributed by atoms with van der Waals surface area (Å²) in [6.45, 7) is 3.63. The number of allylic oxidation sites excluding steroid dienone is 1. The molecule has 0 aliphatic carbocycles. The largest absolute Gasteiger partial charge is 0.491 e. The fourth-order valence-electron chi connectivity index (χ4n) is 3.78. The van der Waals surface area contributed by atoms with Crippen molar-refractivity contribution in [3.05, 3.63) is 113 Å². The molecule has 0 saturated carbocycles. The number of carbonyl (C=O) groups excluding carboxylic acids is 1. The first kappa shape index (κ1) is 25.7. The second kappa shape index (κ2) is 11.1. The summed E-state index contributed by atoms with van der Waals surface area (Å²) in [5, 5.41) is 0. The number of hydrogen-bond donors (Lipinski definition) is 0. The summed E-state index contributed by atoms with van der Waals surface area (Å²) in [5.74, 6) is -6.10. The van der Waals surface area contributed by atoms with Crippen molar-refractivity contribution in [3.63, 3.8) is 0 Å². The fourth-order valence-corrected chi connectivity index (χ4v) is 3.78. The molecule has 7 heteroatoms. The Morgan fingerprint density at radius 1 is 0.730 bits per heavy atom. The summed E-state index contributed by atoms with van der Waals surface area (Å²) in [6, 6.07) is 17.8. The summed E-state index contributed by atoms with van der Waals surface area (Å²) < 4.78 is 68.3. The minimum Gasteiger partial charge on any atom is -0.491 e. The topological polar surface area (TPSA) is 35.5 Å². The number of rotatable bonds is 7. The van der Waals surface area contributed by atoms with E-state index in [1.54, 1.807) is 19.1 Å². The van der Waals surface area contributed by atoms with Crippen LogP contribution in [0.3, 0.4) is 0 Å². The highest BCUT2D eigenvalue weighted by Gasteiger charge is 2.21. The van der Waals surface area contributed by atoms with Crippen molar-refractivity contribution in [1.82, 2.24) is 0 Å². The first-order valence-electron chi connectivity index (χ1n) is 11.5. The Balaban J connectivity index is 1.53. The van der Waals surface area contributed by atoms with Gasteiger partial charge in [-0.1, -0.05) is 60.7 Å². The SMILES string of the molecule is CC=Cc1ccc(-c2ccc(-c3ccc(OC(=O)c4ccc(OCC)c(F)c4F)cc3)c(F)c2F)cc1. The first-order valence-corrected chi connectivity index (χ1v) is 11.5. The molecule has 0 heterocycles. The van der Waals surface area contributed by atoms with E-state index in [9.17, 15) is 22.4 Å². The second-order valence-electron chi connectivity index (χ2n) is 8.00. The van der Waals surface area contributed by atoms with E-state index in [-0.39, 0.29) is 29.2 Å². The van der Waals surface area contributed by atoms with Crippen molar-refractivity contribution < 1.29 is 31.8 Å². The highest BCUT2D eigenvalue weighted by atomic mass is 19.2. The highest BCUT2D eigenvalue weighted by Crippen LogP contribution is 2.33. The molecule has 0 fully saturated rings. The molecule has 37 heavy (non-hydrogen) atoms. The summed E-state index contributed by atoms with van der Waals surface area (Å²) in [6.07, 6.45) is 3.78. The summed E-state index contributed by atoms with van der Waals surface area (Å²) in [4.78, 5) is 12.4. The molecule has 0 atom stereocenters. The quantitative estimate of drug-likeness (QED) is 0.144. The van der Waals surface area contributed by atoms with Crippen LogP contribution in [0.1, 0.15) is 29.8 Å². The maximum Gasteiger partial charge on any atom is 0.346 e. The molecule has 0 aliphatic heterocycles. The molecule has 0 spiro atoms. The fraction of sp³-hybridized carbons (Fsp3) is 0.100. The Kier molecular flexibility index (Phi) is 7.72. The van der Waals surface area contributed by atoms with Crippen molar-refractivity contribution >= 4 is 12.0 Å². The minimum atomic E-state index is -1.39. The maximum atomic E-state index is 15.0. The van der Waals surface area contributed by atoms with E-state index in [0.29, 0.717) is 11.1 Å². The third-order valence-corrected chi connectivity index (χ3v) is 5.61. The number of carbonyl (C=O) groups is 1. The van der Waals surface area contributed by atoms with Crippen LogP contribution in [0.2, 0.25) is 0 Å². The Morgan fingerprint density at radius 2 is 1.30 bits per heavy atom. The Morgan fingerprint density at radius 3 is 1.84 bits per heavy atom. The van der Waals surface area contributed by atoms with Gasteiger partial charge in [0.15, 0.2) is 23.2 Å². The van der Waals surface area contributed by atoms with Crippen LogP contribution in [-0.4, -0.2) is 12.6 Å². The Bertz CT molecular complexity index is 1460. The van der Waals surface area contributed by atoms with Crippen molar-refractivity contribution in [1.29, 1.82) is 0 Å². The van der Waals surface area contributed by atoms with Crippen LogP contribution in [0, 0.1) is 23.3 Å². The molecule has 0 N–H and O–H groups in total. The van der Waals surface area contributed by atoms with Gasteiger partial charge in [-0.25, -0.2) is 18.0 Å². The molecule has 188 valence electrons. The second-order valence-corrected chi connectivity index (χ2v) is 8.00. The number of ether oxygens (including phenoxy) is 2. The summed E-state index contributed by atoms with van der Waals surface area (Å²) >= 11 is 0. The van der Waals surface area contributed by atoms with Crippen molar-refractivity contribution in [3.8, 4) is 33.8 Å². The van der Waals surface area contributed by atoms with Gasteiger partial charge in [0.2, 0.25) is 5.82 Å². The first-order chi connectivity index (χ1) is 17.8. The van der Waals surface area contributed by atoms with Crippen LogP contribution in [0.15, 0.2) is 78.9 Å². The van der Waals surface area contributed by atoms with E-state index >= 15 is 0 Å². The molecule has 4 aromatic rings. The van der Waals surface area contributed by atoms with Gasteiger partial charge in [-0.15, -0.1) is 0 Å². The van der Waals surface area contributed by atoms with Gasteiger partial charge in [0.1, 0.15) is 5.75 Å². The Labute approximate surface area is 211 Å². The van der Waals surface area contributed by atoms with Crippen LogP contribution in [0.5, 0.6) is 11.5 Å². The lowest BCUT2D eigenvalue weighted by atomic mass is 9.98. The normalized spacial score (nSPS) is 11.1. The molecule has 0 amide bonds. The molecular formula is C30H22F4O3. The third-order valence-electron chi connectivity index (χ3n) is 5.61. The van der Waals surface area contributed by atoms with E-state index in [2.05, 4.69) is 0 Å². The Hall–Kier alpha value is -4.39. The predicted octanol–water partition coefficient (Wildman–Crippen LogP) is 8.23. The van der Waals surface area contributed by atoms with Crippen LogP contribution in [0.4, 0.5) is 17.6 Å². The minimum absolute atomic E-state index is 0.0150. The monoisotopic (exact) mass is 506 g/mol. The molecule has 0 bridgehead atoms. The van der Waals surface area contributed by atoms with Gasteiger partial charge in [0, 0.05) is 11.1 Å². The number of hydrogen-bond acceptors (Lipinski definition) is 3. The van der Waals surface area contributed by atoms with E-state index in [1.165, 1.54) is 36.4 Å². The molecule has 0 aliphatic rings. The van der Waals surface area contributed by atoms with Gasteiger partial charge in [-0.2, -0.15) is 4.39 Å². The number of esters is 1. The summed E-state index contributed by atoms with van der Waals surface area (Å²) in [5.41, 5.74) is 1.36. The van der Waals surface area contributed by atoms with Crippen LogP contribution in [0.25, 0.3) is 28.3 Å². The molecule has 0 saturated heterocycles. The van der Waals surface area contributed by atoms with Gasteiger partial charge in [-0.05, 0) is 54.8 Å². The average molecular weight is 506 g/mol. The molecule has 0 aromatic heterocycles. The van der Waals surface area contributed by atoms with Gasteiger partial charge in [0.05, 0.1) is 12.2 Å². The number of benzene rings is 4. The van der Waals surface area contributed by atoms with Gasteiger partial charge in [-0.3, -0.25) is 0 Å². The lowest BCUT2D eigenvalue weighted by molar-refractivity contribution is 0.0728.